The molecule has 0 saturated carbocycles. The third kappa shape index (κ3) is 3.71. The average molecular weight is 318 g/mol. The van der Waals surface area contributed by atoms with E-state index >= 15 is 0 Å². The number of aliphatic carboxylic acids is 1. The highest BCUT2D eigenvalue weighted by atomic mass is 32.1. The van der Waals surface area contributed by atoms with E-state index in [1.54, 1.807) is 12.3 Å². The van der Waals surface area contributed by atoms with E-state index in [9.17, 15) is 14.7 Å². The van der Waals surface area contributed by atoms with Gasteiger partial charge in [0.2, 0.25) is 0 Å². The molecule has 0 aliphatic rings. The summed E-state index contributed by atoms with van der Waals surface area (Å²) in [5.41, 5.74) is 1.18. The molecule has 0 unspecified atom stereocenters. The van der Waals surface area contributed by atoms with Gasteiger partial charge < -0.3 is 10.4 Å². The van der Waals surface area contributed by atoms with Gasteiger partial charge in [0.1, 0.15) is 16.7 Å². The molecule has 0 spiro atoms. The number of carbonyl (C=O) groups excluding carboxylic acids is 1. The number of benzene rings is 1. The van der Waals surface area contributed by atoms with Crippen LogP contribution in [0.5, 0.6) is 0 Å². The Hall–Kier alpha value is -2.21. The molecule has 116 valence electrons. The molecule has 0 bridgehead atoms. The standard InChI is InChI=1S/C16H18N2O3S/c1-3-10(2)13(16(20)21)18-14(19)12-9-22-15(17-12)11-7-5-4-6-8-11/h4-10,13H,3H2,1-2H3,(H,18,19)(H,20,21)/t10-,13-/m0/s1. The number of thiazole rings is 1. The van der Waals surface area contributed by atoms with Gasteiger partial charge in [-0.25, -0.2) is 9.78 Å². The fourth-order valence-corrected chi connectivity index (χ4v) is 2.80. The van der Waals surface area contributed by atoms with Crippen LogP contribution in [0.4, 0.5) is 0 Å². The molecule has 1 aromatic carbocycles. The Kier molecular flexibility index (Phi) is 5.27. The van der Waals surface area contributed by atoms with Gasteiger partial charge in [0.05, 0.1) is 0 Å². The lowest BCUT2D eigenvalue weighted by Gasteiger charge is -2.19. The monoisotopic (exact) mass is 318 g/mol. The van der Waals surface area contributed by atoms with E-state index in [0.717, 1.165) is 10.6 Å². The molecule has 2 aromatic rings. The van der Waals surface area contributed by atoms with E-state index in [-0.39, 0.29) is 11.6 Å². The smallest absolute Gasteiger partial charge is 0.326 e. The molecule has 0 saturated heterocycles. The maximum absolute atomic E-state index is 12.2. The lowest BCUT2D eigenvalue weighted by molar-refractivity contribution is -0.140. The lowest BCUT2D eigenvalue weighted by atomic mass is 9.99. The highest BCUT2D eigenvalue weighted by molar-refractivity contribution is 7.13. The number of hydrogen-bond acceptors (Lipinski definition) is 4. The van der Waals surface area contributed by atoms with Crippen LogP contribution in [0.25, 0.3) is 10.6 Å². The minimum Gasteiger partial charge on any atom is -0.480 e. The number of nitrogens with one attached hydrogen (secondary N) is 1. The summed E-state index contributed by atoms with van der Waals surface area (Å²) in [5, 5.41) is 14.2. The van der Waals surface area contributed by atoms with E-state index in [2.05, 4.69) is 10.3 Å². The second-order valence-corrected chi connectivity index (χ2v) is 5.94. The Labute approximate surface area is 133 Å². The first-order valence-corrected chi connectivity index (χ1v) is 7.95. The van der Waals surface area contributed by atoms with Gasteiger partial charge in [0, 0.05) is 10.9 Å². The molecule has 5 nitrogen and oxygen atoms in total. The molecular weight excluding hydrogens is 300 g/mol. The summed E-state index contributed by atoms with van der Waals surface area (Å²) in [5.74, 6) is -1.62. The summed E-state index contributed by atoms with van der Waals surface area (Å²) < 4.78 is 0. The Morgan fingerprint density at radius 3 is 2.59 bits per heavy atom. The number of carbonyl (C=O) groups is 2. The SMILES string of the molecule is CC[C@H](C)[C@H](NC(=O)c1csc(-c2ccccc2)n1)C(=O)O. The number of carboxylic acid groups (broad SMARTS) is 1. The summed E-state index contributed by atoms with van der Waals surface area (Å²) in [6.45, 7) is 3.69. The van der Waals surface area contributed by atoms with Gasteiger partial charge in [-0.3, -0.25) is 4.79 Å². The Morgan fingerprint density at radius 2 is 2.00 bits per heavy atom. The maximum Gasteiger partial charge on any atom is 0.326 e. The van der Waals surface area contributed by atoms with Crippen LogP contribution in [0.15, 0.2) is 35.7 Å². The van der Waals surface area contributed by atoms with Crippen molar-refractivity contribution in [3.63, 3.8) is 0 Å². The van der Waals surface area contributed by atoms with E-state index in [0.29, 0.717) is 6.42 Å². The first kappa shape index (κ1) is 16.2. The van der Waals surface area contributed by atoms with Crippen molar-refractivity contribution in [2.45, 2.75) is 26.3 Å². The van der Waals surface area contributed by atoms with Crippen molar-refractivity contribution in [1.29, 1.82) is 0 Å². The Balaban J connectivity index is 2.13. The Morgan fingerprint density at radius 1 is 1.32 bits per heavy atom. The van der Waals surface area contributed by atoms with Gasteiger partial charge in [-0.2, -0.15) is 0 Å². The van der Waals surface area contributed by atoms with Crippen molar-refractivity contribution in [2.24, 2.45) is 5.92 Å². The molecule has 0 aliphatic carbocycles. The van der Waals surface area contributed by atoms with Crippen LogP contribution < -0.4 is 5.32 Å². The topological polar surface area (TPSA) is 79.3 Å². The molecule has 2 rings (SSSR count). The second-order valence-electron chi connectivity index (χ2n) is 5.08. The summed E-state index contributed by atoms with van der Waals surface area (Å²) >= 11 is 1.36. The minimum atomic E-state index is -1.03. The molecule has 6 heteroatoms. The van der Waals surface area contributed by atoms with Crippen molar-refractivity contribution in [3.8, 4) is 10.6 Å². The maximum atomic E-state index is 12.2. The molecular formula is C16H18N2O3S. The number of aromatic nitrogens is 1. The molecule has 22 heavy (non-hydrogen) atoms. The second kappa shape index (κ2) is 7.17. The fourth-order valence-electron chi connectivity index (χ4n) is 1.99. The number of amides is 1. The van der Waals surface area contributed by atoms with Crippen LogP contribution in [0, 0.1) is 5.92 Å². The zero-order valence-electron chi connectivity index (χ0n) is 12.4. The van der Waals surface area contributed by atoms with Crippen LogP contribution in [-0.4, -0.2) is 28.0 Å². The van der Waals surface area contributed by atoms with Crippen LogP contribution in [-0.2, 0) is 4.79 Å². The van der Waals surface area contributed by atoms with Crippen molar-refractivity contribution >= 4 is 23.2 Å². The third-order valence-corrected chi connectivity index (χ3v) is 4.41. The fraction of sp³-hybridized carbons (Fsp3) is 0.312. The number of nitrogens with zero attached hydrogens (tertiary/aromatic N) is 1. The first-order valence-electron chi connectivity index (χ1n) is 7.07. The molecule has 1 heterocycles. The van der Waals surface area contributed by atoms with Gasteiger partial charge >= 0.3 is 5.97 Å². The van der Waals surface area contributed by atoms with Crippen LogP contribution in [0.1, 0.15) is 30.8 Å². The zero-order chi connectivity index (χ0) is 16.1. The predicted octanol–water partition coefficient (Wildman–Crippen LogP) is 3.04. The quantitative estimate of drug-likeness (QED) is 0.858. The summed E-state index contributed by atoms with van der Waals surface area (Å²) in [7, 11) is 0. The highest BCUT2D eigenvalue weighted by Crippen LogP contribution is 2.23. The molecule has 1 amide bonds. The van der Waals surface area contributed by atoms with E-state index in [1.807, 2.05) is 37.3 Å². The molecule has 2 atom stereocenters. The molecule has 0 radical (unpaired) electrons. The van der Waals surface area contributed by atoms with E-state index < -0.39 is 17.9 Å². The van der Waals surface area contributed by atoms with Gasteiger partial charge in [-0.05, 0) is 5.92 Å². The first-order chi connectivity index (χ1) is 10.5. The summed E-state index contributed by atoms with van der Waals surface area (Å²) in [6, 6.07) is 8.65. The average Bonchev–Trinajstić information content (AvgIpc) is 3.02. The van der Waals surface area contributed by atoms with Gasteiger partial charge in [0.25, 0.3) is 5.91 Å². The van der Waals surface area contributed by atoms with Gasteiger partial charge in [-0.15, -0.1) is 11.3 Å². The molecule has 2 N–H and O–H groups in total. The predicted molar refractivity (Wildman–Crippen MR) is 85.9 cm³/mol. The normalized spacial score (nSPS) is 13.4. The van der Waals surface area contributed by atoms with Crippen LogP contribution >= 0.6 is 11.3 Å². The minimum absolute atomic E-state index is 0.145. The molecule has 1 aromatic heterocycles. The molecule has 0 aliphatic heterocycles. The van der Waals surface area contributed by atoms with Crippen molar-refractivity contribution in [3.05, 3.63) is 41.4 Å². The van der Waals surface area contributed by atoms with E-state index in [4.69, 9.17) is 0 Å². The van der Waals surface area contributed by atoms with Crippen molar-refractivity contribution < 1.29 is 14.7 Å². The van der Waals surface area contributed by atoms with Gasteiger partial charge in [0.15, 0.2) is 0 Å². The lowest BCUT2D eigenvalue weighted by Crippen LogP contribution is -2.45. The number of carboxylic acids is 1. The van der Waals surface area contributed by atoms with Gasteiger partial charge in [-0.1, -0.05) is 50.6 Å². The largest absolute Gasteiger partial charge is 0.480 e. The van der Waals surface area contributed by atoms with Crippen molar-refractivity contribution in [2.75, 3.05) is 0 Å². The summed E-state index contributed by atoms with van der Waals surface area (Å²) in [6.07, 6.45) is 0.670. The van der Waals surface area contributed by atoms with Crippen molar-refractivity contribution in [1.82, 2.24) is 10.3 Å². The number of hydrogen-bond donors (Lipinski definition) is 2. The highest BCUT2D eigenvalue weighted by Gasteiger charge is 2.26. The van der Waals surface area contributed by atoms with Crippen LogP contribution in [0.2, 0.25) is 0 Å². The van der Waals surface area contributed by atoms with E-state index in [1.165, 1.54) is 11.3 Å². The summed E-state index contributed by atoms with van der Waals surface area (Å²) in [4.78, 5) is 27.7. The van der Waals surface area contributed by atoms with Crippen LogP contribution in [0.3, 0.4) is 0 Å². The third-order valence-electron chi connectivity index (χ3n) is 3.52. The zero-order valence-corrected chi connectivity index (χ0v) is 13.3. The molecule has 0 fully saturated rings. The Bertz CT molecular complexity index is 654. The number of rotatable bonds is 6.